The third-order valence-corrected chi connectivity index (χ3v) is 2.45. The van der Waals surface area contributed by atoms with Crippen molar-refractivity contribution < 1.29 is 4.79 Å². The van der Waals surface area contributed by atoms with Crippen LogP contribution in [-0.4, -0.2) is 10.7 Å². The van der Waals surface area contributed by atoms with Gasteiger partial charge in [-0.15, -0.1) is 0 Å². The SMILES string of the molecule is CC(Br)C(=O)Nc1ccc(C#N)cc1Cl. The molecule has 0 saturated carbocycles. The highest BCUT2D eigenvalue weighted by molar-refractivity contribution is 9.10. The number of benzene rings is 1. The Morgan fingerprint density at radius 1 is 1.67 bits per heavy atom. The molecule has 15 heavy (non-hydrogen) atoms. The Bertz CT molecular complexity index is 426. The highest BCUT2D eigenvalue weighted by atomic mass is 79.9. The second kappa shape index (κ2) is 5.15. The molecule has 1 atom stereocenters. The predicted octanol–water partition coefficient (Wildman–Crippen LogP) is 2.93. The molecule has 0 aromatic heterocycles. The maximum absolute atomic E-state index is 11.3. The smallest absolute Gasteiger partial charge is 0.237 e. The van der Waals surface area contributed by atoms with Crippen molar-refractivity contribution in [1.82, 2.24) is 0 Å². The van der Waals surface area contributed by atoms with E-state index >= 15 is 0 Å². The van der Waals surface area contributed by atoms with Gasteiger partial charge in [0.15, 0.2) is 0 Å². The topological polar surface area (TPSA) is 52.9 Å². The zero-order chi connectivity index (χ0) is 11.4. The first-order chi connectivity index (χ1) is 7.04. The van der Waals surface area contributed by atoms with E-state index in [0.717, 1.165) is 0 Å². The molecule has 0 aliphatic heterocycles. The normalized spacial score (nSPS) is 11.6. The zero-order valence-corrected chi connectivity index (χ0v) is 10.3. The molecule has 3 nitrogen and oxygen atoms in total. The van der Waals surface area contributed by atoms with Crippen molar-refractivity contribution >= 4 is 39.1 Å². The highest BCUT2D eigenvalue weighted by Gasteiger charge is 2.10. The number of nitrogens with zero attached hydrogens (tertiary/aromatic N) is 1. The first-order valence-electron chi connectivity index (χ1n) is 4.19. The third-order valence-electron chi connectivity index (χ3n) is 1.72. The number of nitrogens with one attached hydrogen (secondary N) is 1. The van der Waals surface area contributed by atoms with Crippen LogP contribution in [-0.2, 0) is 4.79 Å². The van der Waals surface area contributed by atoms with E-state index in [4.69, 9.17) is 16.9 Å². The van der Waals surface area contributed by atoms with Crippen molar-refractivity contribution in [1.29, 1.82) is 5.26 Å². The Morgan fingerprint density at radius 2 is 2.33 bits per heavy atom. The highest BCUT2D eigenvalue weighted by Crippen LogP contribution is 2.23. The lowest BCUT2D eigenvalue weighted by molar-refractivity contribution is -0.115. The van der Waals surface area contributed by atoms with Gasteiger partial charge < -0.3 is 5.32 Å². The first kappa shape index (κ1) is 12.0. The minimum Gasteiger partial charge on any atom is -0.324 e. The molecule has 0 aliphatic carbocycles. The van der Waals surface area contributed by atoms with Crippen molar-refractivity contribution in [2.75, 3.05) is 5.32 Å². The number of hydrogen-bond donors (Lipinski definition) is 1. The van der Waals surface area contributed by atoms with E-state index in [1.165, 1.54) is 6.07 Å². The largest absolute Gasteiger partial charge is 0.324 e. The fourth-order valence-electron chi connectivity index (χ4n) is 0.918. The van der Waals surface area contributed by atoms with E-state index in [2.05, 4.69) is 21.2 Å². The van der Waals surface area contributed by atoms with Crippen LogP contribution >= 0.6 is 27.5 Å². The molecule has 0 radical (unpaired) electrons. The summed E-state index contributed by atoms with van der Waals surface area (Å²) in [6, 6.07) is 6.68. The average Bonchev–Trinajstić information content (AvgIpc) is 2.20. The molecule has 78 valence electrons. The molecular formula is C10H8BrClN2O. The average molecular weight is 288 g/mol. The molecule has 0 heterocycles. The maximum Gasteiger partial charge on any atom is 0.237 e. The lowest BCUT2D eigenvalue weighted by atomic mass is 10.2. The fourth-order valence-corrected chi connectivity index (χ4v) is 1.26. The second-order valence-corrected chi connectivity index (χ2v) is 4.69. The van der Waals surface area contributed by atoms with Crippen LogP contribution in [0.3, 0.4) is 0 Å². The van der Waals surface area contributed by atoms with Gasteiger partial charge in [0.1, 0.15) is 0 Å². The Labute approximate surface area is 101 Å². The quantitative estimate of drug-likeness (QED) is 0.850. The Morgan fingerprint density at radius 3 is 2.80 bits per heavy atom. The van der Waals surface area contributed by atoms with Gasteiger partial charge in [-0.25, -0.2) is 0 Å². The van der Waals surface area contributed by atoms with Gasteiger partial charge in [-0.2, -0.15) is 5.26 Å². The lowest BCUT2D eigenvalue weighted by Gasteiger charge is -2.08. The molecule has 0 spiro atoms. The lowest BCUT2D eigenvalue weighted by Crippen LogP contribution is -2.20. The summed E-state index contributed by atoms with van der Waals surface area (Å²) in [5, 5.41) is 11.6. The number of carbonyl (C=O) groups is 1. The van der Waals surface area contributed by atoms with Crippen molar-refractivity contribution in [3.05, 3.63) is 28.8 Å². The minimum atomic E-state index is -0.288. The summed E-state index contributed by atoms with van der Waals surface area (Å²) in [5.41, 5.74) is 0.969. The summed E-state index contributed by atoms with van der Waals surface area (Å²) < 4.78 is 0. The second-order valence-electron chi connectivity index (χ2n) is 2.91. The van der Waals surface area contributed by atoms with E-state index in [9.17, 15) is 4.79 Å². The van der Waals surface area contributed by atoms with Crippen LogP contribution in [0.25, 0.3) is 0 Å². The summed E-state index contributed by atoms with van der Waals surface area (Å²) in [5.74, 6) is -0.179. The van der Waals surface area contributed by atoms with Crippen LogP contribution < -0.4 is 5.32 Å². The number of anilines is 1. The van der Waals surface area contributed by atoms with Gasteiger partial charge in [0.25, 0.3) is 0 Å². The van der Waals surface area contributed by atoms with Gasteiger partial charge in [0, 0.05) is 0 Å². The molecule has 0 bridgehead atoms. The number of rotatable bonds is 2. The van der Waals surface area contributed by atoms with E-state index in [1.807, 2.05) is 6.07 Å². The number of carbonyl (C=O) groups excluding carboxylic acids is 1. The van der Waals surface area contributed by atoms with E-state index in [-0.39, 0.29) is 10.7 Å². The van der Waals surface area contributed by atoms with E-state index in [1.54, 1.807) is 19.1 Å². The molecule has 0 aliphatic rings. The van der Waals surface area contributed by atoms with Crippen molar-refractivity contribution in [2.24, 2.45) is 0 Å². The number of halogens is 2. The summed E-state index contributed by atoms with van der Waals surface area (Å²) in [4.78, 5) is 11.0. The molecule has 1 aromatic rings. The van der Waals surface area contributed by atoms with Crippen LogP contribution in [0, 0.1) is 11.3 Å². The van der Waals surface area contributed by atoms with E-state index in [0.29, 0.717) is 16.3 Å². The van der Waals surface area contributed by atoms with Crippen molar-refractivity contribution in [3.8, 4) is 6.07 Å². The first-order valence-corrected chi connectivity index (χ1v) is 5.48. The maximum atomic E-state index is 11.3. The molecule has 0 fully saturated rings. The molecular weight excluding hydrogens is 279 g/mol. The molecule has 5 heteroatoms. The summed E-state index contributed by atoms with van der Waals surface area (Å²) in [6.07, 6.45) is 0. The number of alkyl halides is 1. The summed E-state index contributed by atoms with van der Waals surface area (Å²) in [6.45, 7) is 1.72. The molecule has 1 amide bonds. The van der Waals surface area contributed by atoms with Crippen LogP contribution in [0.5, 0.6) is 0 Å². The molecule has 1 aromatic carbocycles. The summed E-state index contributed by atoms with van der Waals surface area (Å²) in [7, 11) is 0. The van der Waals surface area contributed by atoms with Gasteiger partial charge >= 0.3 is 0 Å². The van der Waals surface area contributed by atoms with Gasteiger partial charge in [0.2, 0.25) is 5.91 Å². The standard InChI is InChI=1S/C10H8BrClN2O/c1-6(11)10(15)14-9-3-2-7(5-13)4-8(9)12/h2-4,6H,1H3,(H,14,15). The molecule has 1 unspecified atom stereocenters. The molecule has 1 rings (SSSR count). The van der Waals surface area contributed by atoms with Gasteiger partial charge in [-0.3, -0.25) is 4.79 Å². The van der Waals surface area contributed by atoms with Crippen molar-refractivity contribution in [3.63, 3.8) is 0 Å². The van der Waals surface area contributed by atoms with Crippen LogP contribution in [0.1, 0.15) is 12.5 Å². The van der Waals surface area contributed by atoms with E-state index < -0.39 is 0 Å². The third kappa shape index (κ3) is 3.22. The Hall–Kier alpha value is -1.05. The fraction of sp³-hybridized carbons (Fsp3) is 0.200. The van der Waals surface area contributed by atoms with Crippen LogP contribution in [0.2, 0.25) is 5.02 Å². The number of nitriles is 1. The zero-order valence-electron chi connectivity index (χ0n) is 7.92. The van der Waals surface area contributed by atoms with Gasteiger partial charge in [-0.05, 0) is 25.1 Å². The number of amides is 1. The molecule has 1 N–H and O–H groups in total. The van der Waals surface area contributed by atoms with Crippen LogP contribution in [0.15, 0.2) is 18.2 Å². The predicted molar refractivity (Wildman–Crippen MR) is 63.2 cm³/mol. The minimum absolute atomic E-state index is 0.179. The van der Waals surface area contributed by atoms with Gasteiger partial charge in [-0.1, -0.05) is 27.5 Å². The summed E-state index contributed by atoms with van der Waals surface area (Å²) >= 11 is 9.02. The van der Waals surface area contributed by atoms with Gasteiger partial charge in [0.05, 0.1) is 27.2 Å². The monoisotopic (exact) mass is 286 g/mol. The number of hydrogen-bond acceptors (Lipinski definition) is 2. The van der Waals surface area contributed by atoms with Crippen molar-refractivity contribution in [2.45, 2.75) is 11.8 Å². The molecule has 0 saturated heterocycles. The Balaban J connectivity index is 2.89. The Kier molecular flexibility index (Phi) is 4.13. The van der Waals surface area contributed by atoms with Crippen LogP contribution in [0.4, 0.5) is 5.69 Å².